The van der Waals surface area contributed by atoms with Crippen molar-refractivity contribution in [1.82, 2.24) is 9.78 Å². The maximum Gasteiger partial charge on any atom is 0.334 e. The van der Waals surface area contributed by atoms with Crippen LogP contribution in [0.25, 0.3) is 0 Å². The fourth-order valence-electron chi connectivity index (χ4n) is 0.491. The second-order valence-corrected chi connectivity index (χ2v) is 2.61. The van der Waals surface area contributed by atoms with E-state index >= 15 is 0 Å². The van der Waals surface area contributed by atoms with Crippen LogP contribution in [0.1, 0.15) is 11.7 Å². The zero-order valence-electron chi connectivity index (χ0n) is 5.20. The number of nitrogen functional groups attached to an aromatic ring is 1. The molecular weight excluding hydrogens is 154 g/mol. The molecule has 2 N–H and O–H groups in total. The second kappa shape index (κ2) is 2.22. The zero-order chi connectivity index (χ0) is 7.72. The normalized spacial score (nSPS) is 9.70. The molecule has 1 rings (SSSR count). The Morgan fingerprint density at radius 1 is 1.80 bits per heavy atom. The van der Waals surface area contributed by atoms with Crippen LogP contribution in [0, 0.1) is 0 Å². The molecule has 0 atom stereocenters. The van der Waals surface area contributed by atoms with Gasteiger partial charge in [0.15, 0.2) is 0 Å². The molecule has 1 aromatic rings. The third-order valence-corrected chi connectivity index (χ3v) is 1.50. The average molecular weight is 159 g/mol. The lowest BCUT2D eigenvalue weighted by Crippen LogP contribution is -2.20. The molecule has 0 saturated heterocycles. The quantitative estimate of drug-likeness (QED) is 0.556. The highest BCUT2D eigenvalue weighted by molar-refractivity contribution is 7.12. The van der Waals surface area contributed by atoms with Gasteiger partial charge in [-0.05, 0) is 11.3 Å². The number of nitrogens with two attached hydrogens (primary N) is 1. The summed E-state index contributed by atoms with van der Waals surface area (Å²) < 4.78 is 0.736. The van der Waals surface area contributed by atoms with Crippen LogP contribution in [0.2, 0.25) is 0 Å². The molecule has 0 radical (unpaired) electrons. The summed E-state index contributed by atoms with van der Waals surface area (Å²) in [4.78, 5) is 20.8. The van der Waals surface area contributed by atoms with Gasteiger partial charge in [0.25, 0.3) is 0 Å². The highest BCUT2D eigenvalue weighted by Crippen LogP contribution is 1.97. The topological polar surface area (TPSA) is 78.0 Å². The lowest BCUT2D eigenvalue weighted by Gasteiger charge is -1.85. The van der Waals surface area contributed by atoms with Gasteiger partial charge in [0.1, 0.15) is 0 Å². The highest BCUT2D eigenvalue weighted by Gasteiger charge is 2.05. The highest BCUT2D eigenvalue weighted by atomic mass is 32.1. The van der Waals surface area contributed by atoms with Gasteiger partial charge in [0, 0.05) is 6.92 Å². The molecule has 0 spiro atoms. The Kier molecular flexibility index (Phi) is 1.54. The average Bonchev–Trinajstić information content (AvgIpc) is 2.10. The standard InChI is InChI=1S/C4H5N3O2S/c1-2(8)7-4(9)10-3(5)6-7/h1H3,(H2,5,6). The molecule has 10 heavy (non-hydrogen) atoms. The molecule has 0 aliphatic rings. The van der Waals surface area contributed by atoms with E-state index in [0.717, 1.165) is 16.0 Å². The third-order valence-electron chi connectivity index (χ3n) is 0.862. The van der Waals surface area contributed by atoms with Crippen LogP contribution in [0.5, 0.6) is 0 Å². The van der Waals surface area contributed by atoms with Gasteiger partial charge >= 0.3 is 4.87 Å². The maximum atomic E-state index is 10.7. The second-order valence-electron chi connectivity index (χ2n) is 1.64. The van der Waals surface area contributed by atoms with Gasteiger partial charge in [-0.3, -0.25) is 9.59 Å². The summed E-state index contributed by atoms with van der Waals surface area (Å²) in [6, 6.07) is 0. The van der Waals surface area contributed by atoms with E-state index in [1.807, 2.05) is 0 Å². The number of hydrogen-bond donors (Lipinski definition) is 1. The van der Waals surface area contributed by atoms with Crippen molar-refractivity contribution in [2.45, 2.75) is 6.92 Å². The van der Waals surface area contributed by atoms with E-state index < -0.39 is 10.8 Å². The van der Waals surface area contributed by atoms with Crippen molar-refractivity contribution in [3.05, 3.63) is 9.67 Å². The molecule has 54 valence electrons. The smallest absolute Gasteiger partial charge is 0.334 e. The van der Waals surface area contributed by atoms with E-state index in [0.29, 0.717) is 0 Å². The fraction of sp³-hybridized carbons (Fsp3) is 0.250. The molecule has 0 bridgehead atoms. The summed E-state index contributed by atoms with van der Waals surface area (Å²) >= 11 is 0.751. The van der Waals surface area contributed by atoms with E-state index in [2.05, 4.69) is 5.10 Å². The molecule has 1 heterocycles. The van der Waals surface area contributed by atoms with Gasteiger partial charge in [-0.1, -0.05) is 0 Å². The van der Waals surface area contributed by atoms with E-state index in [1.165, 1.54) is 6.92 Å². The number of carbonyl (C=O) groups is 1. The van der Waals surface area contributed by atoms with Gasteiger partial charge < -0.3 is 5.73 Å². The van der Waals surface area contributed by atoms with Crippen LogP contribution in [0.3, 0.4) is 0 Å². The minimum Gasteiger partial charge on any atom is -0.374 e. The van der Waals surface area contributed by atoms with Crippen LogP contribution in [-0.2, 0) is 0 Å². The summed E-state index contributed by atoms with van der Waals surface area (Å²) in [5, 5.41) is 3.57. The van der Waals surface area contributed by atoms with Crippen LogP contribution in [-0.4, -0.2) is 15.7 Å². The maximum absolute atomic E-state index is 10.7. The fourth-order valence-corrected chi connectivity index (χ4v) is 1.05. The molecule has 0 aliphatic carbocycles. The monoisotopic (exact) mass is 159 g/mol. The summed E-state index contributed by atoms with van der Waals surface area (Å²) in [7, 11) is 0. The van der Waals surface area contributed by atoms with Crippen molar-refractivity contribution in [3.8, 4) is 0 Å². The van der Waals surface area contributed by atoms with Crippen LogP contribution in [0.15, 0.2) is 4.79 Å². The van der Waals surface area contributed by atoms with Crippen molar-refractivity contribution in [2.75, 3.05) is 5.73 Å². The first-order chi connectivity index (χ1) is 4.61. The Hall–Kier alpha value is -1.17. The minimum atomic E-state index is -0.440. The largest absolute Gasteiger partial charge is 0.374 e. The first kappa shape index (κ1) is 6.94. The zero-order valence-corrected chi connectivity index (χ0v) is 6.01. The summed E-state index contributed by atoms with van der Waals surface area (Å²) in [6.45, 7) is 1.25. The van der Waals surface area contributed by atoms with Crippen molar-refractivity contribution in [2.24, 2.45) is 0 Å². The Morgan fingerprint density at radius 3 is 2.60 bits per heavy atom. The van der Waals surface area contributed by atoms with Crippen molar-refractivity contribution < 1.29 is 4.79 Å². The van der Waals surface area contributed by atoms with Crippen molar-refractivity contribution in [1.29, 1.82) is 0 Å². The Bertz CT molecular complexity index is 313. The molecule has 0 unspecified atom stereocenters. The molecule has 0 amide bonds. The van der Waals surface area contributed by atoms with E-state index in [1.54, 1.807) is 0 Å². The summed E-state index contributed by atoms with van der Waals surface area (Å²) in [5.74, 6) is -0.419. The molecule has 0 fully saturated rings. The molecule has 5 nitrogen and oxygen atoms in total. The number of anilines is 1. The van der Waals surface area contributed by atoms with Gasteiger partial charge in [-0.15, -0.1) is 5.10 Å². The number of nitrogens with zero attached hydrogens (tertiary/aromatic N) is 2. The lowest BCUT2D eigenvalue weighted by atomic mass is 10.7. The number of carbonyl (C=O) groups excluding carboxylic acids is 1. The molecule has 0 aliphatic heterocycles. The number of hydrogen-bond acceptors (Lipinski definition) is 5. The van der Waals surface area contributed by atoms with Crippen LogP contribution >= 0.6 is 11.3 Å². The Balaban J connectivity index is 3.29. The van der Waals surface area contributed by atoms with Crippen LogP contribution in [0.4, 0.5) is 5.13 Å². The first-order valence-corrected chi connectivity index (χ1v) is 3.29. The molecule has 1 aromatic heterocycles. The molecule has 6 heteroatoms. The predicted octanol–water partition coefficient (Wildman–Crippen LogP) is -0.453. The molecule has 0 aromatic carbocycles. The Labute approximate surface area is 60.1 Å². The van der Waals surface area contributed by atoms with E-state index in [9.17, 15) is 9.59 Å². The number of rotatable bonds is 0. The van der Waals surface area contributed by atoms with Crippen molar-refractivity contribution in [3.63, 3.8) is 0 Å². The van der Waals surface area contributed by atoms with E-state index in [-0.39, 0.29) is 5.13 Å². The minimum absolute atomic E-state index is 0.111. The van der Waals surface area contributed by atoms with Crippen molar-refractivity contribution >= 4 is 22.4 Å². The Morgan fingerprint density at radius 2 is 2.40 bits per heavy atom. The SMILES string of the molecule is CC(=O)n1nc(N)sc1=O. The van der Waals surface area contributed by atoms with Gasteiger partial charge in [-0.25, -0.2) is 0 Å². The third kappa shape index (κ3) is 1.06. The van der Waals surface area contributed by atoms with Gasteiger partial charge in [0.05, 0.1) is 0 Å². The summed E-state index contributed by atoms with van der Waals surface area (Å²) in [6.07, 6.45) is 0. The lowest BCUT2D eigenvalue weighted by molar-refractivity contribution is 0.0918. The molecule has 0 saturated carbocycles. The van der Waals surface area contributed by atoms with Gasteiger partial charge in [-0.2, -0.15) is 4.68 Å². The summed E-state index contributed by atoms with van der Waals surface area (Å²) in [5.41, 5.74) is 5.15. The van der Waals surface area contributed by atoms with E-state index in [4.69, 9.17) is 5.73 Å². The van der Waals surface area contributed by atoms with Gasteiger partial charge in [0.2, 0.25) is 11.0 Å². The van der Waals surface area contributed by atoms with Crippen LogP contribution < -0.4 is 10.6 Å². The number of aromatic nitrogens is 2. The predicted molar refractivity (Wildman–Crippen MR) is 37.1 cm³/mol. The molecular formula is C4H5N3O2S. The first-order valence-electron chi connectivity index (χ1n) is 2.48.